The van der Waals surface area contributed by atoms with Crippen molar-refractivity contribution in [2.75, 3.05) is 44.3 Å². The normalized spacial score (nSPS) is 22.4. The van der Waals surface area contributed by atoms with E-state index in [1.165, 1.54) is 0 Å². The highest BCUT2D eigenvalue weighted by molar-refractivity contribution is 5.62. The molecule has 2 N–H and O–H groups in total. The number of pyridine rings is 1. The number of alkyl halides is 6. The van der Waals surface area contributed by atoms with Gasteiger partial charge in [-0.05, 0) is 54.4 Å². The van der Waals surface area contributed by atoms with Crippen molar-refractivity contribution in [3.8, 4) is 0 Å². The van der Waals surface area contributed by atoms with Gasteiger partial charge in [0.1, 0.15) is 5.82 Å². The first-order chi connectivity index (χ1) is 22.4. The molecule has 14 heteroatoms. The molecule has 1 aromatic heterocycles. The SMILES string of the molecule is Cc1ccccc1/C1=C/C(N2CCN(c3ccccn3)CC2)OC2=C(CNCN2)C(Cc2cc(C(F)(F)F)cc(C(F)(F)F)c2)[N+]1=O. The first kappa shape index (κ1) is 32.5. The van der Waals surface area contributed by atoms with Crippen molar-refractivity contribution in [2.24, 2.45) is 0 Å². The minimum absolute atomic E-state index is 0.0883. The van der Waals surface area contributed by atoms with Gasteiger partial charge < -0.3 is 15.0 Å². The Bertz CT molecular complexity index is 1650. The van der Waals surface area contributed by atoms with E-state index in [2.05, 4.69) is 25.4 Å². The minimum atomic E-state index is -5.02. The van der Waals surface area contributed by atoms with Gasteiger partial charge in [-0.3, -0.25) is 10.2 Å². The van der Waals surface area contributed by atoms with Crippen LogP contribution in [-0.4, -0.2) is 66.3 Å². The maximum absolute atomic E-state index is 14.6. The minimum Gasteiger partial charge on any atom is -0.456 e. The van der Waals surface area contributed by atoms with Crippen molar-refractivity contribution in [3.05, 3.63) is 117 Å². The van der Waals surface area contributed by atoms with Gasteiger partial charge in [0.15, 0.2) is 12.1 Å². The van der Waals surface area contributed by atoms with Crippen molar-refractivity contribution >= 4 is 11.5 Å². The highest BCUT2D eigenvalue weighted by Gasteiger charge is 2.44. The summed E-state index contributed by atoms with van der Waals surface area (Å²) in [5, 5.41) is 6.21. The van der Waals surface area contributed by atoms with E-state index in [-0.39, 0.29) is 29.8 Å². The number of nitrogens with zero attached hydrogens (tertiary/aromatic N) is 4. The summed E-state index contributed by atoms with van der Waals surface area (Å²) in [5.74, 6) is 1.12. The second-order valence-electron chi connectivity index (χ2n) is 11.7. The van der Waals surface area contributed by atoms with Crippen LogP contribution in [0.25, 0.3) is 5.70 Å². The molecule has 1 saturated heterocycles. The number of piperazine rings is 1. The van der Waals surface area contributed by atoms with E-state index in [0.717, 1.165) is 11.4 Å². The largest absolute Gasteiger partial charge is 0.456 e. The average molecular weight is 660 g/mol. The summed E-state index contributed by atoms with van der Waals surface area (Å²) in [5.41, 5.74) is -1.19. The number of hydrogen-bond donors (Lipinski definition) is 2. The molecule has 0 radical (unpaired) electrons. The fraction of sp³-hybridized carbons (Fsp3) is 0.364. The molecule has 0 bridgehead atoms. The monoisotopic (exact) mass is 659 g/mol. The molecule has 3 aliphatic heterocycles. The molecule has 8 nitrogen and oxygen atoms in total. The second-order valence-corrected chi connectivity index (χ2v) is 11.7. The van der Waals surface area contributed by atoms with Crippen LogP contribution in [0.3, 0.4) is 0 Å². The van der Waals surface area contributed by atoms with Crippen LogP contribution in [0.15, 0.2) is 84.4 Å². The van der Waals surface area contributed by atoms with Gasteiger partial charge in [0, 0.05) is 61.1 Å². The Kier molecular flexibility index (Phi) is 8.99. The molecule has 2 unspecified atom stereocenters. The molecule has 0 spiro atoms. The van der Waals surface area contributed by atoms with E-state index in [1.54, 1.807) is 24.4 Å². The molecule has 248 valence electrons. The van der Waals surface area contributed by atoms with Crippen LogP contribution in [0.2, 0.25) is 0 Å². The van der Waals surface area contributed by atoms with Crippen LogP contribution in [-0.2, 0) is 23.5 Å². The number of hydrogen-bond acceptors (Lipinski definition) is 7. The molecule has 47 heavy (non-hydrogen) atoms. The fourth-order valence-electron chi connectivity index (χ4n) is 6.15. The van der Waals surface area contributed by atoms with Crippen LogP contribution >= 0.6 is 0 Å². The molecule has 0 amide bonds. The van der Waals surface area contributed by atoms with Gasteiger partial charge in [-0.2, -0.15) is 26.3 Å². The van der Waals surface area contributed by atoms with Crippen LogP contribution < -0.4 is 15.5 Å². The van der Waals surface area contributed by atoms with E-state index in [4.69, 9.17) is 4.74 Å². The number of rotatable bonds is 5. The van der Waals surface area contributed by atoms with E-state index >= 15 is 0 Å². The second kappa shape index (κ2) is 13.0. The van der Waals surface area contributed by atoms with Gasteiger partial charge in [0.2, 0.25) is 6.04 Å². The van der Waals surface area contributed by atoms with E-state index in [0.29, 0.717) is 60.9 Å². The Morgan fingerprint density at radius 1 is 0.936 bits per heavy atom. The van der Waals surface area contributed by atoms with Crippen LogP contribution in [0, 0.1) is 11.8 Å². The summed E-state index contributed by atoms with van der Waals surface area (Å²) >= 11 is 0. The Hall–Kier alpha value is -4.43. The topological polar surface area (TPSA) is 72.7 Å². The quantitative estimate of drug-likeness (QED) is 0.269. The Labute approximate surface area is 267 Å². The van der Waals surface area contributed by atoms with Gasteiger partial charge in [0.25, 0.3) is 5.70 Å². The number of benzene rings is 2. The Morgan fingerprint density at radius 2 is 1.62 bits per heavy atom. The zero-order valence-corrected chi connectivity index (χ0v) is 25.4. The fourth-order valence-corrected chi connectivity index (χ4v) is 6.15. The van der Waals surface area contributed by atoms with Gasteiger partial charge in [-0.25, -0.2) is 4.98 Å². The number of aromatic nitrogens is 1. The predicted octanol–water partition coefficient (Wildman–Crippen LogP) is 5.70. The summed E-state index contributed by atoms with van der Waals surface area (Å²) in [6, 6.07) is 13.1. The molecule has 2 aromatic carbocycles. The summed E-state index contributed by atoms with van der Waals surface area (Å²) < 4.78 is 89.7. The molecular weight excluding hydrogens is 626 g/mol. The Balaban J connectivity index is 1.40. The number of nitrogens with one attached hydrogen (secondary N) is 2. The lowest BCUT2D eigenvalue weighted by Gasteiger charge is -2.40. The molecule has 2 atom stereocenters. The first-order valence-electron chi connectivity index (χ1n) is 15.2. The van der Waals surface area contributed by atoms with Crippen molar-refractivity contribution in [2.45, 2.75) is 38.0 Å². The Morgan fingerprint density at radius 3 is 2.26 bits per heavy atom. The van der Waals surface area contributed by atoms with Crippen LogP contribution in [0.1, 0.15) is 27.8 Å². The number of anilines is 1. The lowest BCUT2D eigenvalue weighted by molar-refractivity contribution is -0.489. The molecule has 3 aliphatic rings. The molecule has 3 aromatic rings. The van der Waals surface area contributed by atoms with Gasteiger partial charge in [0.05, 0.1) is 28.9 Å². The highest BCUT2D eigenvalue weighted by Crippen LogP contribution is 2.38. The predicted molar refractivity (Wildman–Crippen MR) is 163 cm³/mol. The standard InChI is InChI=1S/C33H33F6N6O2/c1-21-6-2-3-7-25(21)28-18-30(44-12-10-43(11-13-44)29-8-4-5-9-41-29)47-31-26(19-40-20-42-31)27(45(28)46)16-22-14-23(32(34,35)36)17-24(15-22)33(37,38)39/h2-9,14-15,17-18,27,30,40,42H,10-13,16,19-20H2,1H3/q+1/b28-18-. The maximum atomic E-state index is 14.6. The van der Waals surface area contributed by atoms with Crippen molar-refractivity contribution in [1.82, 2.24) is 20.5 Å². The number of nitroso groups, excluding NO2 is 1. The number of ether oxygens (including phenoxy) is 1. The van der Waals surface area contributed by atoms with Gasteiger partial charge >= 0.3 is 12.4 Å². The zero-order chi connectivity index (χ0) is 33.3. The molecule has 6 rings (SSSR count). The third kappa shape index (κ3) is 7.13. The maximum Gasteiger partial charge on any atom is 0.416 e. The molecular formula is C33H33F6N6O2+. The number of aryl methyl sites for hydroxylation is 1. The smallest absolute Gasteiger partial charge is 0.416 e. The zero-order valence-electron chi connectivity index (χ0n) is 25.4. The summed E-state index contributed by atoms with van der Waals surface area (Å²) in [6.07, 6.45) is -7.74. The molecule has 0 aliphatic carbocycles. The van der Waals surface area contributed by atoms with Crippen molar-refractivity contribution < 1.29 is 35.8 Å². The van der Waals surface area contributed by atoms with Crippen molar-refractivity contribution in [3.63, 3.8) is 0 Å². The third-order valence-electron chi connectivity index (χ3n) is 8.59. The summed E-state index contributed by atoms with van der Waals surface area (Å²) in [4.78, 5) is 23.2. The van der Waals surface area contributed by atoms with Gasteiger partial charge in [-0.1, -0.05) is 24.3 Å². The molecule has 4 heterocycles. The summed E-state index contributed by atoms with van der Waals surface area (Å²) in [6.45, 7) is 4.70. The number of halogens is 6. The van der Waals surface area contributed by atoms with E-state index in [1.807, 2.05) is 37.3 Å². The highest BCUT2D eigenvalue weighted by atomic mass is 19.4. The lowest BCUT2D eigenvalue weighted by atomic mass is 9.93. The molecule has 1 fully saturated rings. The van der Waals surface area contributed by atoms with Crippen LogP contribution in [0.5, 0.6) is 0 Å². The lowest BCUT2D eigenvalue weighted by Crippen LogP contribution is -2.53. The third-order valence-corrected chi connectivity index (χ3v) is 8.59. The van der Waals surface area contributed by atoms with Crippen molar-refractivity contribution in [1.29, 1.82) is 0 Å². The molecule has 0 saturated carbocycles. The summed E-state index contributed by atoms with van der Waals surface area (Å²) in [7, 11) is 0. The average Bonchev–Trinajstić information content (AvgIpc) is 3.05. The van der Waals surface area contributed by atoms with E-state index < -0.39 is 42.2 Å². The van der Waals surface area contributed by atoms with Gasteiger partial charge in [-0.15, -0.1) is 0 Å². The van der Waals surface area contributed by atoms with Crippen LogP contribution in [0.4, 0.5) is 32.2 Å². The van der Waals surface area contributed by atoms with E-state index in [9.17, 15) is 31.2 Å². The first-order valence-corrected chi connectivity index (χ1v) is 15.2.